The topological polar surface area (TPSA) is 49.4 Å². The Balaban J connectivity index is 2.04. The number of hydrogen-bond donors (Lipinski definition) is 1. The SMILES string of the molecule is CNCCC(=O)N(C)C(Cc1ccccc1)C1CC1=O. The molecule has 1 N–H and O–H groups in total. The molecular formula is C16H22N2O2. The van der Waals surface area contributed by atoms with Gasteiger partial charge in [0, 0.05) is 38.4 Å². The molecule has 20 heavy (non-hydrogen) atoms. The Labute approximate surface area is 120 Å². The minimum Gasteiger partial charge on any atom is -0.342 e. The van der Waals surface area contributed by atoms with E-state index >= 15 is 0 Å². The first-order chi connectivity index (χ1) is 9.63. The fraction of sp³-hybridized carbons (Fsp3) is 0.500. The molecule has 1 fully saturated rings. The summed E-state index contributed by atoms with van der Waals surface area (Å²) in [5.41, 5.74) is 1.17. The van der Waals surface area contributed by atoms with Crippen LogP contribution in [0.25, 0.3) is 0 Å². The molecule has 1 aliphatic rings. The fourth-order valence-corrected chi connectivity index (χ4v) is 2.51. The van der Waals surface area contributed by atoms with Crippen LogP contribution in [0.5, 0.6) is 0 Å². The summed E-state index contributed by atoms with van der Waals surface area (Å²) in [4.78, 5) is 25.4. The molecule has 0 aromatic heterocycles. The van der Waals surface area contributed by atoms with Crippen molar-refractivity contribution in [3.05, 3.63) is 35.9 Å². The molecule has 0 aliphatic heterocycles. The van der Waals surface area contributed by atoms with Gasteiger partial charge in [-0.15, -0.1) is 0 Å². The molecule has 1 amide bonds. The molecule has 2 atom stereocenters. The van der Waals surface area contributed by atoms with Crippen LogP contribution in [-0.4, -0.2) is 43.3 Å². The van der Waals surface area contributed by atoms with Gasteiger partial charge in [0.25, 0.3) is 0 Å². The first-order valence-electron chi connectivity index (χ1n) is 7.10. The standard InChI is InChI=1S/C16H22N2O2/c1-17-9-8-16(20)18(2)14(13-11-15(13)19)10-12-6-4-3-5-7-12/h3-7,13-14,17H,8-11H2,1-2H3. The quantitative estimate of drug-likeness (QED) is 0.814. The van der Waals surface area contributed by atoms with Crippen molar-refractivity contribution in [1.82, 2.24) is 10.2 Å². The average molecular weight is 274 g/mol. The van der Waals surface area contributed by atoms with Crippen molar-refractivity contribution in [2.45, 2.75) is 25.3 Å². The number of hydrogen-bond acceptors (Lipinski definition) is 3. The summed E-state index contributed by atoms with van der Waals surface area (Å²) in [7, 11) is 3.65. The van der Waals surface area contributed by atoms with Crippen molar-refractivity contribution < 1.29 is 9.59 Å². The molecule has 0 spiro atoms. The number of carbonyl (C=O) groups is 2. The maximum Gasteiger partial charge on any atom is 0.223 e. The lowest BCUT2D eigenvalue weighted by molar-refractivity contribution is -0.132. The summed E-state index contributed by atoms with van der Waals surface area (Å²) in [5, 5.41) is 2.98. The molecule has 0 heterocycles. The third kappa shape index (κ3) is 3.67. The average Bonchev–Trinajstić information content (AvgIpc) is 3.19. The molecule has 0 saturated heterocycles. The van der Waals surface area contributed by atoms with Crippen LogP contribution < -0.4 is 5.32 Å². The molecule has 1 aromatic carbocycles. The molecule has 1 aromatic rings. The highest BCUT2D eigenvalue weighted by molar-refractivity contribution is 5.97. The highest BCUT2D eigenvalue weighted by atomic mass is 16.2. The Morgan fingerprint density at radius 1 is 1.40 bits per heavy atom. The normalized spacial score (nSPS) is 18.7. The monoisotopic (exact) mass is 274 g/mol. The minimum atomic E-state index is -0.00532. The first kappa shape index (κ1) is 14.7. The third-order valence-corrected chi connectivity index (χ3v) is 3.91. The van der Waals surface area contributed by atoms with Gasteiger partial charge in [-0.25, -0.2) is 0 Å². The number of Topliss-reactive ketones (excluding diaryl/α,β-unsaturated/α-hetero) is 1. The smallest absolute Gasteiger partial charge is 0.223 e. The number of nitrogens with one attached hydrogen (secondary N) is 1. The largest absolute Gasteiger partial charge is 0.342 e. The Bertz CT molecular complexity index is 473. The van der Waals surface area contributed by atoms with Crippen LogP contribution in [0.2, 0.25) is 0 Å². The van der Waals surface area contributed by atoms with Gasteiger partial charge in [-0.3, -0.25) is 9.59 Å². The fourth-order valence-electron chi connectivity index (χ4n) is 2.51. The van der Waals surface area contributed by atoms with E-state index in [4.69, 9.17) is 0 Å². The minimum absolute atomic E-state index is 0.00532. The van der Waals surface area contributed by atoms with E-state index in [1.54, 1.807) is 4.90 Å². The number of benzene rings is 1. The van der Waals surface area contributed by atoms with Crippen LogP contribution in [0, 0.1) is 5.92 Å². The predicted molar refractivity (Wildman–Crippen MR) is 78.4 cm³/mol. The lowest BCUT2D eigenvalue weighted by Crippen LogP contribution is -2.41. The van der Waals surface area contributed by atoms with Gasteiger partial charge in [-0.05, 0) is 19.0 Å². The zero-order chi connectivity index (χ0) is 14.5. The van der Waals surface area contributed by atoms with Gasteiger partial charge in [-0.2, -0.15) is 0 Å². The Morgan fingerprint density at radius 2 is 2.05 bits per heavy atom. The molecule has 108 valence electrons. The number of amides is 1. The third-order valence-electron chi connectivity index (χ3n) is 3.91. The molecule has 1 aliphatic carbocycles. The maximum atomic E-state index is 12.1. The number of likely N-dealkylation sites (N-methyl/N-ethyl adjacent to an activating group) is 1. The van der Waals surface area contributed by atoms with Crippen LogP contribution >= 0.6 is 0 Å². The maximum absolute atomic E-state index is 12.1. The van der Waals surface area contributed by atoms with E-state index in [0.29, 0.717) is 19.4 Å². The Kier molecular flexibility index (Phi) is 4.90. The van der Waals surface area contributed by atoms with Crippen molar-refractivity contribution in [3.8, 4) is 0 Å². The van der Waals surface area contributed by atoms with E-state index < -0.39 is 0 Å². The van der Waals surface area contributed by atoms with E-state index in [0.717, 1.165) is 6.42 Å². The zero-order valence-corrected chi connectivity index (χ0v) is 12.1. The lowest BCUT2D eigenvalue weighted by atomic mass is 10.0. The van der Waals surface area contributed by atoms with Crippen LogP contribution in [0.15, 0.2) is 30.3 Å². The Morgan fingerprint density at radius 3 is 2.60 bits per heavy atom. The second kappa shape index (κ2) is 6.66. The van der Waals surface area contributed by atoms with Crippen LogP contribution in [0.1, 0.15) is 18.4 Å². The van der Waals surface area contributed by atoms with E-state index in [1.165, 1.54) is 5.56 Å². The highest BCUT2D eigenvalue weighted by Crippen LogP contribution is 2.32. The van der Waals surface area contributed by atoms with E-state index in [9.17, 15) is 9.59 Å². The van der Waals surface area contributed by atoms with Crippen molar-refractivity contribution in [2.75, 3.05) is 20.6 Å². The van der Waals surface area contributed by atoms with Gasteiger partial charge < -0.3 is 10.2 Å². The summed E-state index contributed by atoms with van der Waals surface area (Å²) < 4.78 is 0. The van der Waals surface area contributed by atoms with Crippen molar-refractivity contribution >= 4 is 11.7 Å². The van der Waals surface area contributed by atoms with Gasteiger partial charge in [0.15, 0.2) is 0 Å². The molecule has 1 saturated carbocycles. The second-order valence-corrected chi connectivity index (χ2v) is 5.39. The zero-order valence-electron chi connectivity index (χ0n) is 12.1. The van der Waals surface area contributed by atoms with E-state index in [-0.39, 0.29) is 23.7 Å². The molecular weight excluding hydrogens is 252 g/mol. The van der Waals surface area contributed by atoms with Gasteiger partial charge in [-0.1, -0.05) is 30.3 Å². The van der Waals surface area contributed by atoms with Crippen LogP contribution in [0.3, 0.4) is 0 Å². The van der Waals surface area contributed by atoms with Crippen LogP contribution in [-0.2, 0) is 16.0 Å². The second-order valence-electron chi connectivity index (χ2n) is 5.39. The molecule has 2 rings (SSSR count). The van der Waals surface area contributed by atoms with E-state index in [2.05, 4.69) is 5.32 Å². The predicted octanol–water partition coefficient (Wildman–Crippen LogP) is 1.25. The lowest BCUT2D eigenvalue weighted by Gasteiger charge is -2.28. The van der Waals surface area contributed by atoms with E-state index in [1.807, 2.05) is 44.4 Å². The highest BCUT2D eigenvalue weighted by Gasteiger charge is 2.44. The summed E-state index contributed by atoms with van der Waals surface area (Å²) in [6.45, 7) is 0.667. The van der Waals surface area contributed by atoms with Gasteiger partial charge >= 0.3 is 0 Å². The number of carbonyl (C=O) groups excluding carboxylic acids is 2. The Hall–Kier alpha value is -1.68. The summed E-state index contributed by atoms with van der Waals surface area (Å²) in [6.07, 6.45) is 1.83. The van der Waals surface area contributed by atoms with Gasteiger partial charge in [0.05, 0.1) is 0 Å². The number of nitrogens with zero attached hydrogens (tertiary/aromatic N) is 1. The van der Waals surface area contributed by atoms with Gasteiger partial charge in [0.1, 0.15) is 5.78 Å². The first-order valence-corrected chi connectivity index (χ1v) is 7.10. The van der Waals surface area contributed by atoms with Crippen molar-refractivity contribution in [3.63, 3.8) is 0 Å². The van der Waals surface area contributed by atoms with Crippen LogP contribution in [0.4, 0.5) is 0 Å². The van der Waals surface area contributed by atoms with Crippen molar-refractivity contribution in [1.29, 1.82) is 0 Å². The summed E-state index contributed by atoms with van der Waals surface area (Å²) in [6, 6.07) is 10.0. The molecule has 0 radical (unpaired) electrons. The summed E-state index contributed by atoms with van der Waals surface area (Å²) in [5.74, 6) is 0.401. The molecule has 4 heteroatoms. The molecule has 2 unspecified atom stereocenters. The van der Waals surface area contributed by atoms with Gasteiger partial charge in [0.2, 0.25) is 5.91 Å². The number of rotatable bonds is 7. The molecule has 0 bridgehead atoms. The summed E-state index contributed by atoms with van der Waals surface area (Å²) >= 11 is 0. The number of ketones is 1. The van der Waals surface area contributed by atoms with Crippen molar-refractivity contribution in [2.24, 2.45) is 5.92 Å². The molecule has 4 nitrogen and oxygen atoms in total.